The van der Waals surface area contributed by atoms with Crippen LogP contribution in [0.5, 0.6) is 23.1 Å². The molecule has 0 unspecified atom stereocenters. The zero-order chi connectivity index (χ0) is 25.4. The number of aromatic nitrogens is 4. The molecule has 0 amide bonds. The van der Waals surface area contributed by atoms with Crippen LogP contribution >= 0.6 is 0 Å². The van der Waals surface area contributed by atoms with Crippen LogP contribution in [0.25, 0.3) is 5.65 Å². The largest absolute Gasteiger partial charge is 0.508 e. The number of hydrogen-bond donors (Lipinski definition) is 1. The van der Waals surface area contributed by atoms with Crippen LogP contribution in [0.1, 0.15) is 40.9 Å². The maximum absolute atomic E-state index is 10.0. The van der Waals surface area contributed by atoms with Gasteiger partial charge in [0.2, 0.25) is 5.88 Å². The molecule has 37 heavy (non-hydrogen) atoms. The molecule has 1 aliphatic rings. The van der Waals surface area contributed by atoms with Crippen molar-refractivity contribution in [3.8, 4) is 23.1 Å². The minimum Gasteiger partial charge on any atom is -0.508 e. The molecule has 1 atom stereocenters. The van der Waals surface area contributed by atoms with Gasteiger partial charge >= 0.3 is 0 Å². The lowest BCUT2D eigenvalue weighted by atomic mass is 9.84. The Morgan fingerprint density at radius 1 is 1.08 bits per heavy atom. The Hall–Kier alpha value is -4.92. The Morgan fingerprint density at radius 3 is 2.68 bits per heavy atom. The molecule has 184 valence electrons. The fourth-order valence-corrected chi connectivity index (χ4v) is 4.47. The van der Waals surface area contributed by atoms with Crippen molar-refractivity contribution in [1.82, 2.24) is 19.6 Å². The van der Waals surface area contributed by atoms with Crippen LogP contribution in [0, 0.1) is 0 Å². The number of phenols is 1. The van der Waals surface area contributed by atoms with Gasteiger partial charge in [0.25, 0.3) is 0 Å². The first-order chi connectivity index (χ1) is 18.1. The molecular weight excluding hydrogens is 470 g/mol. The molecule has 0 radical (unpaired) electrons. The number of ether oxygens (including phenoxy) is 2. The van der Waals surface area contributed by atoms with E-state index >= 15 is 0 Å². The smallest absolute Gasteiger partial charge is 0.228 e. The molecule has 0 fully saturated rings. The molecule has 0 bridgehead atoms. The van der Waals surface area contributed by atoms with Gasteiger partial charge in [0.05, 0.1) is 18.4 Å². The van der Waals surface area contributed by atoms with E-state index in [9.17, 15) is 5.11 Å². The monoisotopic (exact) mass is 493 g/mol. The minimum absolute atomic E-state index is 0.0886. The second kappa shape index (κ2) is 9.27. The predicted octanol–water partition coefficient (Wildman–Crippen LogP) is 5.07. The first-order valence-corrected chi connectivity index (χ1v) is 11.7. The summed E-state index contributed by atoms with van der Waals surface area (Å²) in [6.07, 6.45) is 1.56. The van der Waals surface area contributed by atoms with Crippen LogP contribution in [-0.4, -0.2) is 37.5 Å². The van der Waals surface area contributed by atoms with Crippen molar-refractivity contribution >= 4 is 11.4 Å². The van der Waals surface area contributed by atoms with Crippen molar-refractivity contribution in [2.45, 2.75) is 19.4 Å². The summed E-state index contributed by atoms with van der Waals surface area (Å²) >= 11 is 0. The van der Waals surface area contributed by atoms with E-state index in [1.54, 1.807) is 30.1 Å². The molecule has 1 aliphatic heterocycles. The minimum atomic E-state index is -0.204. The molecule has 0 aliphatic carbocycles. The van der Waals surface area contributed by atoms with E-state index in [2.05, 4.69) is 27.4 Å². The summed E-state index contributed by atoms with van der Waals surface area (Å²) in [5, 5.41) is 18.8. The Morgan fingerprint density at radius 2 is 1.89 bits per heavy atom. The predicted molar refractivity (Wildman–Crippen MR) is 136 cm³/mol. The van der Waals surface area contributed by atoms with Crippen molar-refractivity contribution < 1.29 is 19.4 Å². The Labute approximate surface area is 212 Å². The Bertz CT molecular complexity index is 1610. The van der Waals surface area contributed by atoms with E-state index in [-0.39, 0.29) is 18.3 Å². The van der Waals surface area contributed by atoms with Gasteiger partial charge in [-0.2, -0.15) is 0 Å². The average molecular weight is 494 g/mol. The second-order valence-corrected chi connectivity index (χ2v) is 8.61. The highest BCUT2D eigenvalue weighted by Gasteiger charge is 2.33. The van der Waals surface area contributed by atoms with Crippen molar-refractivity contribution in [3.05, 3.63) is 107 Å². The molecule has 1 N–H and O–H groups in total. The summed E-state index contributed by atoms with van der Waals surface area (Å²) in [4.78, 5) is 14.8. The first kappa shape index (κ1) is 22.5. The summed E-state index contributed by atoms with van der Waals surface area (Å²) in [6.45, 7) is 1.96. The molecule has 3 aromatic carbocycles. The number of fused-ring (bicyclic) bond motifs is 4. The number of aromatic hydroxyl groups is 1. The van der Waals surface area contributed by atoms with E-state index < -0.39 is 0 Å². The van der Waals surface area contributed by atoms with Gasteiger partial charge in [0, 0.05) is 17.5 Å². The summed E-state index contributed by atoms with van der Waals surface area (Å²) in [7, 11) is 1.63. The quantitative estimate of drug-likeness (QED) is 0.255. The van der Waals surface area contributed by atoms with Gasteiger partial charge in [-0.05, 0) is 48.4 Å². The van der Waals surface area contributed by atoms with Crippen LogP contribution in [0.4, 0.5) is 0 Å². The molecule has 2 aromatic heterocycles. The van der Waals surface area contributed by atoms with Gasteiger partial charge in [0.1, 0.15) is 23.6 Å². The third kappa shape index (κ3) is 4.20. The maximum atomic E-state index is 10.0. The number of phenolic OH excluding ortho intramolecular Hbond substituents is 1. The number of hydrogen-bond acceptors (Lipinski definition) is 8. The van der Waals surface area contributed by atoms with Crippen molar-refractivity contribution in [2.75, 3.05) is 7.11 Å². The highest BCUT2D eigenvalue weighted by Crippen LogP contribution is 2.48. The third-order valence-corrected chi connectivity index (χ3v) is 6.27. The zero-order valence-electron chi connectivity index (χ0n) is 20.2. The van der Waals surface area contributed by atoms with E-state index in [1.165, 1.54) is 0 Å². The third-order valence-electron chi connectivity index (χ3n) is 6.27. The molecule has 5 aromatic rings. The molecule has 9 heteroatoms. The summed E-state index contributed by atoms with van der Waals surface area (Å²) in [5.74, 6) is 2.15. The van der Waals surface area contributed by atoms with Crippen LogP contribution < -0.4 is 9.47 Å². The fraction of sp³-hybridized carbons (Fsp3) is 0.143. The number of methoxy groups -OCH3 is 1. The van der Waals surface area contributed by atoms with Crippen molar-refractivity contribution in [3.63, 3.8) is 0 Å². The van der Waals surface area contributed by atoms with E-state index in [0.717, 1.165) is 33.7 Å². The SMILES string of the molecule is COc1ccc(/C(C)=N\OCc2nc3c4c(ncn3n2)Oc2cc(O)ccc2[C@@H]4c2ccccc2)cc1. The van der Waals surface area contributed by atoms with E-state index in [1.807, 2.05) is 55.5 Å². The molecule has 0 spiro atoms. The fourth-order valence-electron chi connectivity index (χ4n) is 4.47. The van der Waals surface area contributed by atoms with Gasteiger partial charge in [-0.25, -0.2) is 14.5 Å². The highest BCUT2D eigenvalue weighted by molar-refractivity contribution is 5.98. The summed E-state index contributed by atoms with van der Waals surface area (Å²) in [5.41, 5.74) is 5.02. The summed E-state index contributed by atoms with van der Waals surface area (Å²) in [6, 6.07) is 22.8. The van der Waals surface area contributed by atoms with Crippen molar-refractivity contribution in [2.24, 2.45) is 5.16 Å². The zero-order valence-corrected chi connectivity index (χ0v) is 20.2. The topological polar surface area (TPSA) is 103 Å². The van der Waals surface area contributed by atoms with E-state index in [4.69, 9.17) is 19.3 Å². The lowest BCUT2D eigenvalue weighted by Gasteiger charge is -2.27. The van der Waals surface area contributed by atoms with E-state index in [0.29, 0.717) is 23.1 Å². The van der Waals surface area contributed by atoms with Gasteiger partial charge in [-0.3, -0.25) is 0 Å². The molecular formula is C28H23N5O4. The summed E-state index contributed by atoms with van der Waals surface area (Å²) < 4.78 is 12.9. The number of nitrogens with zero attached hydrogens (tertiary/aromatic N) is 5. The molecule has 3 heterocycles. The van der Waals surface area contributed by atoms with Crippen LogP contribution in [0.2, 0.25) is 0 Å². The number of rotatable bonds is 6. The normalized spacial score (nSPS) is 14.5. The molecule has 0 saturated heterocycles. The average Bonchev–Trinajstić information content (AvgIpc) is 3.35. The lowest BCUT2D eigenvalue weighted by molar-refractivity contribution is 0.125. The Balaban J connectivity index is 1.33. The first-order valence-electron chi connectivity index (χ1n) is 11.7. The van der Waals surface area contributed by atoms with Gasteiger partial charge < -0.3 is 19.4 Å². The van der Waals surface area contributed by atoms with Crippen LogP contribution in [-0.2, 0) is 11.4 Å². The molecule has 0 saturated carbocycles. The highest BCUT2D eigenvalue weighted by atomic mass is 16.6. The maximum Gasteiger partial charge on any atom is 0.228 e. The number of benzene rings is 3. The van der Waals surface area contributed by atoms with Crippen LogP contribution in [0.3, 0.4) is 0 Å². The molecule has 6 rings (SSSR count). The number of oxime groups is 1. The van der Waals surface area contributed by atoms with Gasteiger partial charge in [-0.15, -0.1) is 5.10 Å². The molecule has 9 nitrogen and oxygen atoms in total. The Kier molecular flexibility index (Phi) is 5.65. The van der Waals surface area contributed by atoms with Gasteiger partial charge in [-0.1, -0.05) is 41.6 Å². The van der Waals surface area contributed by atoms with Crippen LogP contribution in [0.15, 0.2) is 84.3 Å². The van der Waals surface area contributed by atoms with Crippen molar-refractivity contribution in [1.29, 1.82) is 0 Å². The lowest BCUT2D eigenvalue weighted by Crippen LogP contribution is -2.14. The second-order valence-electron chi connectivity index (χ2n) is 8.61. The van der Waals surface area contributed by atoms with Gasteiger partial charge in [0.15, 0.2) is 18.1 Å². The standard InChI is InChI=1S/C28H23N5O4/c1-17(18-8-11-21(35-2)12-9-18)32-36-15-24-30-27-26-25(19-6-4-3-5-7-19)22-13-10-20(34)14-23(22)37-28(26)29-16-33(27)31-24/h3-14,16,25,34H,15H2,1-2H3/b32-17-/t25-/m0/s1.